The van der Waals surface area contributed by atoms with Gasteiger partial charge in [0.1, 0.15) is 4.99 Å². The fraction of sp³-hybridized carbons (Fsp3) is 0.417. The van der Waals surface area contributed by atoms with Crippen LogP contribution < -0.4 is 10.5 Å². The first kappa shape index (κ1) is 16.0. The number of nitrogens with one attached hydrogen (secondary N) is 1. The van der Waals surface area contributed by atoms with E-state index in [4.69, 9.17) is 22.7 Å². The molecule has 0 amide bonds. The van der Waals surface area contributed by atoms with Crippen molar-refractivity contribution in [3.63, 3.8) is 0 Å². The summed E-state index contributed by atoms with van der Waals surface area (Å²) in [6.07, 6.45) is 0. The van der Waals surface area contributed by atoms with Gasteiger partial charge in [-0.05, 0) is 12.5 Å². The molecule has 0 atom stereocenters. The molecule has 0 spiro atoms. The second-order valence-electron chi connectivity index (χ2n) is 3.91. The zero-order valence-corrected chi connectivity index (χ0v) is 12.4. The first-order valence-corrected chi connectivity index (χ1v) is 7.94. The molecule has 0 bridgehead atoms. The maximum Gasteiger partial charge on any atom is 0.215 e. The van der Waals surface area contributed by atoms with Gasteiger partial charge in [0.25, 0.3) is 0 Å². The standard InChI is InChI=1S/C12H18N2O3S2/c1-2-17-8-7-14-19(15,16)9-10-3-5-11(6-4-10)12(13)18/h3-6,14H,2,7-9H2,1H3,(H2,13,18). The molecule has 5 nitrogen and oxygen atoms in total. The number of thiocarbonyl (C=S) groups is 1. The predicted octanol–water partition coefficient (Wildman–Crippen LogP) is 0.777. The molecule has 106 valence electrons. The molecule has 0 aliphatic carbocycles. The number of sulfonamides is 1. The van der Waals surface area contributed by atoms with E-state index < -0.39 is 10.0 Å². The lowest BCUT2D eigenvalue weighted by Crippen LogP contribution is -2.28. The summed E-state index contributed by atoms with van der Waals surface area (Å²) in [7, 11) is -3.34. The van der Waals surface area contributed by atoms with E-state index in [1.165, 1.54) is 0 Å². The first-order chi connectivity index (χ1) is 8.94. The van der Waals surface area contributed by atoms with Gasteiger partial charge in [-0.15, -0.1) is 0 Å². The summed E-state index contributed by atoms with van der Waals surface area (Å²) >= 11 is 4.83. The van der Waals surface area contributed by atoms with Crippen molar-refractivity contribution in [3.8, 4) is 0 Å². The third-order valence-electron chi connectivity index (χ3n) is 2.37. The predicted molar refractivity (Wildman–Crippen MR) is 79.4 cm³/mol. The fourth-order valence-corrected chi connectivity index (χ4v) is 2.71. The van der Waals surface area contributed by atoms with Crippen LogP contribution in [-0.4, -0.2) is 33.2 Å². The molecule has 0 radical (unpaired) electrons. The minimum Gasteiger partial charge on any atom is -0.389 e. The van der Waals surface area contributed by atoms with E-state index in [9.17, 15) is 8.42 Å². The van der Waals surface area contributed by atoms with Crippen molar-refractivity contribution in [3.05, 3.63) is 35.4 Å². The average molecular weight is 302 g/mol. The topological polar surface area (TPSA) is 81.4 Å². The zero-order chi connectivity index (χ0) is 14.3. The molecule has 0 aromatic heterocycles. The highest BCUT2D eigenvalue weighted by Crippen LogP contribution is 2.07. The number of nitrogens with two attached hydrogens (primary N) is 1. The van der Waals surface area contributed by atoms with Crippen LogP contribution in [0.4, 0.5) is 0 Å². The molecule has 0 aliphatic rings. The van der Waals surface area contributed by atoms with Crippen molar-refractivity contribution < 1.29 is 13.2 Å². The highest BCUT2D eigenvalue weighted by molar-refractivity contribution is 7.88. The molecule has 3 N–H and O–H groups in total. The number of ether oxygens (including phenoxy) is 1. The SMILES string of the molecule is CCOCCNS(=O)(=O)Cc1ccc(C(N)=S)cc1. The van der Waals surface area contributed by atoms with E-state index in [2.05, 4.69) is 4.72 Å². The van der Waals surface area contributed by atoms with Gasteiger partial charge in [-0.2, -0.15) is 0 Å². The number of hydrogen-bond acceptors (Lipinski definition) is 4. The molecule has 0 saturated carbocycles. The van der Waals surface area contributed by atoms with E-state index in [1.807, 2.05) is 6.92 Å². The lowest BCUT2D eigenvalue weighted by Gasteiger charge is -2.07. The van der Waals surface area contributed by atoms with Crippen LogP contribution in [0, 0.1) is 0 Å². The Bertz CT molecular complexity index is 512. The quantitative estimate of drug-likeness (QED) is 0.548. The summed E-state index contributed by atoms with van der Waals surface area (Å²) in [6, 6.07) is 6.84. The molecule has 0 heterocycles. The molecule has 0 aliphatic heterocycles. The van der Waals surface area contributed by atoms with Crippen LogP contribution in [-0.2, 0) is 20.5 Å². The van der Waals surface area contributed by atoms with Crippen molar-refractivity contribution in [2.45, 2.75) is 12.7 Å². The van der Waals surface area contributed by atoms with Gasteiger partial charge in [0.2, 0.25) is 10.0 Å². The summed E-state index contributed by atoms with van der Waals surface area (Å²) in [5, 5.41) is 0. The Morgan fingerprint density at radius 2 is 2.00 bits per heavy atom. The molecule has 0 fully saturated rings. The Balaban J connectivity index is 2.55. The average Bonchev–Trinajstić information content (AvgIpc) is 2.35. The number of rotatable bonds is 8. The summed E-state index contributed by atoms with van der Waals surface area (Å²) in [6.45, 7) is 3.08. The van der Waals surface area contributed by atoms with Crippen LogP contribution in [0.25, 0.3) is 0 Å². The minimum atomic E-state index is -3.34. The highest BCUT2D eigenvalue weighted by Gasteiger charge is 2.10. The third kappa shape index (κ3) is 6.11. The summed E-state index contributed by atoms with van der Waals surface area (Å²) in [5.74, 6) is -0.0727. The Kier molecular flexibility index (Phi) is 6.36. The van der Waals surface area contributed by atoms with Crippen LogP contribution in [0.15, 0.2) is 24.3 Å². The van der Waals surface area contributed by atoms with Crippen LogP contribution in [0.5, 0.6) is 0 Å². The van der Waals surface area contributed by atoms with Gasteiger partial charge >= 0.3 is 0 Å². The first-order valence-electron chi connectivity index (χ1n) is 5.88. The van der Waals surface area contributed by atoms with E-state index in [0.717, 1.165) is 5.56 Å². The molecule has 19 heavy (non-hydrogen) atoms. The van der Waals surface area contributed by atoms with Crippen LogP contribution in [0.2, 0.25) is 0 Å². The van der Waals surface area contributed by atoms with E-state index in [-0.39, 0.29) is 12.3 Å². The number of hydrogen-bond donors (Lipinski definition) is 2. The van der Waals surface area contributed by atoms with Gasteiger partial charge in [-0.3, -0.25) is 0 Å². The normalized spacial score (nSPS) is 11.4. The minimum absolute atomic E-state index is 0.0727. The zero-order valence-electron chi connectivity index (χ0n) is 10.8. The summed E-state index contributed by atoms with van der Waals surface area (Å²) in [5.41, 5.74) is 6.88. The molecule has 0 unspecified atom stereocenters. The lowest BCUT2D eigenvalue weighted by molar-refractivity contribution is 0.153. The fourth-order valence-electron chi connectivity index (χ4n) is 1.45. The molecular weight excluding hydrogens is 284 g/mol. The largest absolute Gasteiger partial charge is 0.389 e. The lowest BCUT2D eigenvalue weighted by atomic mass is 10.1. The molecule has 0 saturated heterocycles. The Labute approximate surface area is 119 Å². The van der Waals surface area contributed by atoms with Crippen molar-refractivity contribution in [2.75, 3.05) is 19.8 Å². The van der Waals surface area contributed by atoms with E-state index in [1.54, 1.807) is 24.3 Å². The van der Waals surface area contributed by atoms with Crippen molar-refractivity contribution in [2.24, 2.45) is 5.73 Å². The van der Waals surface area contributed by atoms with Crippen LogP contribution in [0.3, 0.4) is 0 Å². The Hall–Kier alpha value is -1.02. The van der Waals surface area contributed by atoms with Gasteiger partial charge in [0, 0.05) is 18.7 Å². The Morgan fingerprint density at radius 1 is 1.37 bits per heavy atom. The van der Waals surface area contributed by atoms with Crippen molar-refractivity contribution in [1.29, 1.82) is 0 Å². The van der Waals surface area contributed by atoms with Crippen molar-refractivity contribution >= 4 is 27.2 Å². The molecule has 1 aromatic rings. The van der Waals surface area contributed by atoms with Gasteiger partial charge in [-0.25, -0.2) is 13.1 Å². The van der Waals surface area contributed by atoms with Gasteiger partial charge in [0.15, 0.2) is 0 Å². The highest BCUT2D eigenvalue weighted by atomic mass is 32.2. The van der Waals surface area contributed by atoms with Crippen LogP contribution >= 0.6 is 12.2 Å². The second-order valence-corrected chi connectivity index (χ2v) is 6.16. The van der Waals surface area contributed by atoms with Gasteiger partial charge < -0.3 is 10.5 Å². The smallest absolute Gasteiger partial charge is 0.215 e. The van der Waals surface area contributed by atoms with E-state index in [0.29, 0.717) is 23.8 Å². The Morgan fingerprint density at radius 3 is 2.53 bits per heavy atom. The molecule has 7 heteroatoms. The molecule has 1 rings (SSSR count). The number of benzene rings is 1. The van der Waals surface area contributed by atoms with Gasteiger partial charge in [-0.1, -0.05) is 36.5 Å². The maximum absolute atomic E-state index is 11.8. The monoisotopic (exact) mass is 302 g/mol. The second kappa shape index (κ2) is 7.54. The van der Waals surface area contributed by atoms with Gasteiger partial charge in [0.05, 0.1) is 12.4 Å². The van der Waals surface area contributed by atoms with E-state index >= 15 is 0 Å². The van der Waals surface area contributed by atoms with Crippen LogP contribution in [0.1, 0.15) is 18.1 Å². The molecule has 1 aromatic carbocycles. The third-order valence-corrected chi connectivity index (χ3v) is 3.96. The van der Waals surface area contributed by atoms with Crippen molar-refractivity contribution in [1.82, 2.24) is 4.72 Å². The summed E-state index contributed by atoms with van der Waals surface area (Å²) < 4.78 is 31.1. The molecular formula is C12H18N2O3S2. The summed E-state index contributed by atoms with van der Waals surface area (Å²) in [4.78, 5) is 0.296. The maximum atomic E-state index is 11.8.